The van der Waals surface area contributed by atoms with Crippen LogP contribution in [0.4, 0.5) is 5.69 Å². The Hall–Kier alpha value is -1.27. The summed E-state index contributed by atoms with van der Waals surface area (Å²) >= 11 is 5.73. The minimum Gasteiger partial charge on any atom is -0.478 e. The molecule has 0 aromatic heterocycles. The quantitative estimate of drug-likeness (QED) is 0.865. The van der Waals surface area contributed by atoms with Crippen molar-refractivity contribution in [1.29, 1.82) is 0 Å². The molecule has 0 fully saturated rings. The normalized spacial score (nSPS) is 13.1. The first kappa shape index (κ1) is 14.8. The second-order valence-corrected chi connectivity index (χ2v) is 6.73. The largest absolute Gasteiger partial charge is 0.478 e. The van der Waals surface area contributed by atoms with Gasteiger partial charge in [0.2, 0.25) is 0 Å². The molecule has 0 saturated heterocycles. The van der Waals surface area contributed by atoms with Gasteiger partial charge in [-0.05, 0) is 25.1 Å². The molecule has 0 bridgehead atoms. The first-order valence-corrected chi connectivity index (χ1v) is 7.60. The van der Waals surface area contributed by atoms with Gasteiger partial charge in [-0.2, -0.15) is 0 Å². The van der Waals surface area contributed by atoms with Crippen molar-refractivity contribution in [2.45, 2.75) is 13.0 Å². The minimum absolute atomic E-state index is 0.0202. The second kappa shape index (κ2) is 5.58. The molecule has 2 N–H and O–H groups in total. The van der Waals surface area contributed by atoms with Gasteiger partial charge < -0.3 is 10.4 Å². The van der Waals surface area contributed by atoms with Crippen molar-refractivity contribution in [3.8, 4) is 0 Å². The van der Waals surface area contributed by atoms with Crippen LogP contribution in [0.5, 0.6) is 0 Å². The summed E-state index contributed by atoms with van der Waals surface area (Å²) in [6.07, 6.45) is 1.15. The van der Waals surface area contributed by atoms with E-state index in [-0.39, 0.29) is 22.4 Å². The van der Waals surface area contributed by atoms with Crippen LogP contribution < -0.4 is 5.32 Å². The van der Waals surface area contributed by atoms with Crippen molar-refractivity contribution >= 4 is 33.1 Å². The number of rotatable bonds is 5. The van der Waals surface area contributed by atoms with Crippen LogP contribution >= 0.6 is 11.6 Å². The zero-order chi connectivity index (χ0) is 13.9. The molecule has 0 radical (unpaired) electrons. The fraction of sp³-hybridized carbons (Fsp3) is 0.364. The third-order valence-corrected chi connectivity index (χ3v) is 3.60. The highest BCUT2D eigenvalue weighted by molar-refractivity contribution is 7.90. The number of aromatic carboxylic acids is 1. The second-order valence-electron chi connectivity index (χ2n) is 4.14. The van der Waals surface area contributed by atoms with Crippen molar-refractivity contribution < 1.29 is 18.3 Å². The Labute approximate surface area is 111 Å². The van der Waals surface area contributed by atoms with Crippen LogP contribution in [0, 0.1) is 0 Å². The molecule has 100 valence electrons. The van der Waals surface area contributed by atoms with E-state index in [9.17, 15) is 13.2 Å². The first-order valence-electron chi connectivity index (χ1n) is 5.16. The predicted molar refractivity (Wildman–Crippen MR) is 71.2 cm³/mol. The molecular weight excluding hydrogens is 278 g/mol. The molecule has 0 aliphatic carbocycles. The predicted octanol–water partition coefficient (Wildman–Crippen LogP) is 1.88. The van der Waals surface area contributed by atoms with Gasteiger partial charge in [0.1, 0.15) is 9.84 Å². The van der Waals surface area contributed by atoms with E-state index < -0.39 is 15.8 Å². The number of sulfone groups is 1. The number of carbonyl (C=O) groups is 1. The van der Waals surface area contributed by atoms with Gasteiger partial charge in [0.15, 0.2) is 0 Å². The molecule has 1 rings (SSSR count). The number of benzene rings is 1. The molecule has 0 aliphatic heterocycles. The van der Waals surface area contributed by atoms with Gasteiger partial charge in [-0.15, -0.1) is 0 Å². The SMILES string of the molecule is CC(CS(C)(=O)=O)Nc1ccc(Cl)c(C(=O)O)c1. The molecule has 1 aromatic rings. The monoisotopic (exact) mass is 291 g/mol. The Morgan fingerprint density at radius 3 is 2.61 bits per heavy atom. The number of carboxylic acids is 1. The Morgan fingerprint density at radius 2 is 2.11 bits per heavy atom. The summed E-state index contributed by atoms with van der Waals surface area (Å²) in [5.41, 5.74) is 0.501. The molecule has 1 atom stereocenters. The van der Waals surface area contributed by atoms with E-state index >= 15 is 0 Å². The smallest absolute Gasteiger partial charge is 0.337 e. The van der Waals surface area contributed by atoms with Crippen molar-refractivity contribution in [3.05, 3.63) is 28.8 Å². The van der Waals surface area contributed by atoms with Gasteiger partial charge in [0, 0.05) is 18.0 Å². The van der Waals surface area contributed by atoms with Crippen molar-refractivity contribution in [2.75, 3.05) is 17.3 Å². The zero-order valence-corrected chi connectivity index (χ0v) is 11.5. The highest BCUT2D eigenvalue weighted by atomic mass is 35.5. The Balaban J connectivity index is 2.86. The molecule has 0 heterocycles. The molecule has 18 heavy (non-hydrogen) atoms. The summed E-state index contributed by atoms with van der Waals surface area (Å²) in [7, 11) is -3.08. The highest BCUT2D eigenvalue weighted by Crippen LogP contribution is 2.21. The molecule has 0 saturated carbocycles. The van der Waals surface area contributed by atoms with Gasteiger partial charge in [-0.3, -0.25) is 0 Å². The topological polar surface area (TPSA) is 83.5 Å². The maximum absolute atomic E-state index is 11.1. The van der Waals surface area contributed by atoms with Gasteiger partial charge in [-0.25, -0.2) is 13.2 Å². The molecular formula is C11H14ClNO4S. The van der Waals surface area contributed by atoms with E-state index in [1.165, 1.54) is 12.1 Å². The van der Waals surface area contributed by atoms with Crippen LogP contribution in [-0.4, -0.2) is 37.5 Å². The van der Waals surface area contributed by atoms with Crippen LogP contribution in [0.1, 0.15) is 17.3 Å². The maximum Gasteiger partial charge on any atom is 0.337 e. The van der Waals surface area contributed by atoms with Gasteiger partial charge in [0.25, 0.3) is 0 Å². The molecule has 0 amide bonds. The molecule has 1 unspecified atom stereocenters. The van der Waals surface area contributed by atoms with E-state index in [0.29, 0.717) is 5.69 Å². The molecule has 5 nitrogen and oxygen atoms in total. The summed E-state index contributed by atoms with van der Waals surface area (Å²) in [5, 5.41) is 12.0. The zero-order valence-electron chi connectivity index (χ0n) is 9.97. The highest BCUT2D eigenvalue weighted by Gasteiger charge is 2.13. The molecule has 7 heteroatoms. The van der Waals surface area contributed by atoms with E-state index in [1.807, 2.05) is 0 Å². The summed E-state index contributed by atoms with van der Waals surface area (Å²) in [4.78, 5) is 10.9. The fourth-order valence-corrected chi connectivity index (χ4v) is 2.75. The standard InChI is InChI=1S/C11H14ClNO4S/c1-7(6-18(2,16)17)13-8-3-4-10(12)9(5-8)11(14)15/h3-5,7,13H,6H2,1-2H3,(H,14,15). The van der Waals surface area contributed by atoms with Crippen molar-refractivity contribution in [3.63, 3.8) is 0 Å². The van der Waals surface area contributed by atoms with E-state index in [4.69, 9.17) is 16.7 Å². The van der Waals surface area contributed by atoms with Crippen LogP contribution in [-0.2, 0) is 9.84 Å². The fourth-order valence-electron chi connectivity index (χ4n) is 1.56. The Morgan fingerprint density at radius 1 is 1.50 bits per heavy atom. The van der Waals surface area contributed by atoms with Gasteiger partial charge in [0.05, 0.1) is 16.3 Å². The summed E-state index contributed by atoms with van der Waals surface area (Å²) in [5.74, 6) is -1.16. The molecule has 0 spiro atoms. The number of hydrogen-bond acceptors (Lipinski definition) is 4. The maximum atomic E-state index is 11.1. The number of anilines is 1. The summed E-state index contributed by atoms with van der Waals surface area (Å²) in [6.45, 7) is 1.70. The lowest BCUT2D eigenvalue weighted by molar-refractivity contribution is 0.0697. The third kappa shape index (κ3) is 4.54. The number of hydrogen-bond donors (Lipinski definition) is 2. The lowest BCUT2D eigenvalue weighted by Crippen LogP contribution is -2.25. The number of halogens is 1. The van der Waals surface area contributed by atoms with Gasteiger partial charge in [-0.1, -0.05) is 11.6 Å². The minimum atomic E-state index is -3.08. The first-order chi connectivity index (χ1) is 8.19. The lowest BCUT2D eigenvalue weighted by atomic mass is 10.2. The van der Waals surface area contributed by atoms with Crippen molar-refractivity contribution in [1.82, 2.24) is 0 Å². The molecule has 1 aromatic carbocycles. The molecule has 0 aliphatic rings. The van der Waals surface area contributed by atoms with Gasteiger partial charge >= 0.3 is 5.97 Å². The van der Waals surface area contributed by atoms with Crippen LogP contribution in [0.25, 0.3) is 0 Å². The average Bonchev–Trinajstić information content (AvgIpc) is 2.17. The van der Waals surface area contributed by atoms with E-state index in [0.717, 1.165) is 6.26 Å². The number of carboxylic acid groups (broad SMARTS) is 1. The number of nitrogens with one attached hydrogen (secondary N) is 1. The van der Waals surface area contributed by atoms with Crippen molar-refractivity contribution in [2.24, 2.45) is 0 Å². The lowest BCUT2D eigenvalue weighted by Gasteiger charge is -2.14. The average molecular weight is 292 g/mol. The Bertz CT molecular complexity index is 556. The van der Waals surface area contributed by atoms with E-state index in [1.54, 1.807) is 13.0 Å². The summed E-state index contributed by atoms with van der Waals surface area (Å²) < 4.78 is 22.2. The Kier molecular flexibility index (Phi) is 4.59. The van der Waals surface area contributed by atoms with Crippen LogP contribution in [0.3, 0.4) is 0 Å². The van der Waals surface area contributed by atoms with Crippen LogP contribution in [0.15, 0.2) is 18.2 Å². The van der Waals surface area contributed by atoms with Crippen LogP contribution in [0.2, 0.25) is 5.02 Å². The summed E-state index contributed by atoms with van der Waals surface area (Å²) in [6, 6.07) is 4.13. The van der Waals surface area contributed by atoms with E-state index in [2.05, 4.69) is 5.32 Å². The third-order valence-electron chi connectivity index (χ3n) is 2.16.